The first-order valence-corrected chi connectivity index (χ1v) is 7.26. The first-order valence-electron chi connectivity index (χ1n) is 5.28. The Morgan fingerprint density at radius 1 is 1.35 bits per heavy atom. The number of aromatic hydroxyl groups is 1. The summed E-state index contributed by atoms with van der Waals surface area (Å²) in [6.45, 7) is 5.72. The highest BCUT2D eigenvalue weighted by Crippen LogP contribution is 2.31. The van der Waals surface area contributed by atoms with Crippen molar-refractivity contribution < 1.29 is 5.11 Å². The minimum absolute atomic E-state index is 0.102. The Balaban J connectivity index is 2.64. The Bertz CT molecular complexity index is 396. The summed E-state index contributed by atoms with van der Waals surface area (Å²) in [6.07, 6.45) is 2.08. The molecule has 0 aliphatic heterocycles. The zero-order valence-electron chi connectivity index (χ0n) is 10.2. The monoisotopic (exact) mass is 293 g/mol. The van der Waals surface area contributed by atoms with Gasteiger partial charge in [-0.2, -0.15) is 11.8 Å². The van der Waals surface area contributed by atoms with Crippen molar-refractivity contribution in [3.05, 3.63) is 27.7 Å². The van der Waals surface area contributed by atoms with Crippen molar-refractivity contribution in [3.8, 4) is 5.75 Å². The van der Waals surface area contributed by atoms with Crippen LogP contribution in [-0.4, -0.2) is 22.7 Å². The Morgan fingerprint density at radius 3 is 2.59 bits per heavy atom. The van der Waals surface area contributed by atoms with Gasteiger partial charge >= 0.3 is 0 Å². The van der Waals surface area contributed by atoms with Crippen LogP contribution in [-0.2, 0) is 6.54 Å². The molecule has 2 N–H and O–H groups in total. The second kappa shape index (κ2) is 6.19. The summed E-state index contributed by atoms with van der Waals surface area (Å²) in [5, 5.41) is 13.9. The Kier molecular flexibility index (Phi) is 5.45. The lowest BCUT2D eigenvalue weighted by molar-refractivity contribution is 0.463. The highest BCUT2D eigenvalue weighted by atomic mass is 35.5. The molecular weight excluding hydrogens is 277 g/mol. The molecule has 1 aromatic carbocycles. The van der Waals surface area contributed by atoms with Gasteiger partial charge < -0.3 is 10.4 Å². The van der Waals surface area contributed by atoms with Gasteiger partial charge in [-0.15, -0.1) is 0 Å². The molecular formula is C12H17Cl2NOS. The van der Waals surface area contributed by atoms with Crippen LogP contribution in [0.15, 0.2) is 12.1 Å². The molecule has 96 valence electrons. The highest BCUT2D eigenvalue weighted by Gasteiger charge is 2.15. The van der Waals surface area contributed by atoms with Gasteiger partial charge in [0.25, 0.3) is 0 Å². The lowest BCUT2D eigenvalue weighted by Crippen LogP contribution is -2.31. The highest BCUT2D eigenvalue weighted by molar-refractivity contribution is 7.99. The van der Waals surface area contributed by atoms with Gasteiger partial charge in [-0.3, -0.25) is 0 Å². The van der Waals surface area contributed by atoms with Gasteiger partial charge in [-0.1, -0.05) is 23.2 Å². The standard InChI is InChI=1S/C12H17Cl2NOS/c1-12(2,17-3)7-15-6-8-4-9(13)5-10(14)11(8)16/h4-5,15-16H,6-7H2,1-3H3. The molecule has 0 aliphatic carbocycles. The third-order valence-corrected chi connectivity index (χ3v) is 4.28. The SMILES string of the molecule is CSC(C)(C)CNCc1cc(Cl)cc(Cl)c1O. The van der Waals surface area contributed by atoms with E-state index < -0.39 is 0 Å². The molecule has 1 aromatic rings. The second-order valence-electron chi connectivity index (χ2n) is 4.46. The van der Waals surface area contributed by atoms with Gasteiger partial charge in [0, 0.05) is 28.4 Å². The van der Waals surface area contributed by atoms with Crippen LogP contribution in [0.4, 0.5) is 0 Å². The van der Waals surface area contributed by atoms with Crippen LogP contribution in [0.3, 0.4) is 0 Å². The molecule has 0 radical (unpaired) electrons. The zero-order chi connectivity index (χ0) is 13.1. The second-order valence-corrected chi connectivity index (χ2v) is 6.82. The fourth-order valence-corrected chi connectivity index (χ4v) is 2.11. The number of rotatable bonds is 5. The zero-order valence-corrected chi connectivity index (χ0v) is 12.5. The molecule has 0 amide bonds. The first-order chi connectivity index (χ1) is 7.85. The molecule has 0 aromatic heterocycles. The van der Waals surface area contributed by atoms with E-state index in [4.69, 9.17) is 23.2 Å². The molecule has 0 spiro atoms. The van der Waals surface area contributed by atoms with Gasteiger partial charge in [0.2, 0.25) is 0 Å². The Morgan fingerprint density at radius 2 is 2.00 bits per heavy atom. The normalized spacial score (nSPS) is 11.8. The summed E-state index contributed by atoms with van der Waals surface area (Å²) < 4.78 is 0.165. The van der Waals surface area contributed by atoms with Crippen molar-refractivity contribution >= 4 is 35.0 Å². The van der Waals surface area contributed by atoms with Crippen molar-refractivity contribution in [1.82, 2.24) is 5.32 Å². The maximum absolute atomic E-state index is 9.77. The topological polar surface area (TPSA) is 32.3 Å². The number of halogens is 2. The van der Waals surface area contributed by atoms with Crippen molar-refractivity contribution in [2.45, 2.75) is 25.1 Å². The molecule has 0 saturated heterocycles. The van der Waals surface area contributed by atoms with Crippen LogP contribution in [0.2, 0.25) is 10.0 Å². The molecule has 0 unspecified atom stereocenters. The molecule has 0 atom stereocenters. The molecule has 0 bridgehead atoms. The van der Waals surface area contributed by atoms with Crippen LogP contribution in [0.5, 0.6) is 5.75 Å². The van der Waals surface area contributed by atoms with E-state index in [1.54, 1.807) is 17.8 Å². The fraction of sp³-hybridized carbons (Fsp3) is 0.500. The molecule has 5 heteroatoms. The molecule has 0 saturated carbocycles. The van der Waals surface area contributed by atoms with E-state index in [1.165, 1.54) is 6.07 Å². The number of nitrogens with one attached hydrogen (secondary N) is 1. The lowest BCUT2D eigenvalue weighted by atomic mass is 10.1. The van der Waals surface area contributed by atoms with Gasteiger partial charge in [0.15, 0.2) is 0 Å². The van der Waals surface area contributed by atoms with E-state index in [9.17, 15) is 5.11 Å². The average molecular weight is 294 g/mol. The third-order valence-electron chi connectivity index (χ3n) is 2.53. The van der Waals surface area contributed by atoms with Crippen molar-refractivity contribution in [2.24, 2.45) is 0 Å². The smallest absolute Gasteiger partial charge is 0.138 e. The third kappa shape index (κ3) is 4.59. The summed E-state index contributed by atoms with van der Waals surface area (Å²) in [5.74, 6) is 0.102. The van der Waals surface area contributed by atoms with E-state index in [0.717, 1.165) is 12.1 Å². The van der Waals surface area contributed by atoms with E-state index >= 15 is 0 Å². The number of thioether (sulfide) groups is 1. The van der Waals surface area contributed by atoms with Crippen molar-refractivity contribution in [1.29, 1.82) is 0 Å². The van der Waals surface area contributed by atoms with Crippen molar-refractivity contribution in [3.63, 3.8) is 0 Å². The Hall–Kier alpha value is -0.0900. The summed E-state index contributed by atoms with van der Waals surface area (Å²) in [5.41, 5.74) is 0.722. The maximum atomic E-state index is 9.77. The summed E-state index contributed by atoms with van der Waals surface area (Å²) in [6, 6.07) is 3.26. The van der Waals surface area contributed by atoms with Gasteiger partial charge in [0.1, 0.15) is 5.75 Å². The van der Waals surface area contributed by atoms with Crippen molar-refractivity contribution in [2.75, 3.05) is 12.8 Å². The van der Waals surface area contributed by atoms with Crippen LogP contribution in [0.1, 0.15) is 19.4 Å². The number of benzene rings is 1. The van der Waals surface area contributed by atoms with E-state index in [0.29, 0.717) is 16.6 Å². The van der Waals surface area contributed by atoms with E-state index in [1.807, 2.05) is 0 Å². The number of hydrogen-bond acceptors (Lipinski definition) is 3. The number of phenols is 1. The van der Waals surface area contributed by atoms with Gasteiger partial charge in [-0.25, -0.2) is 0 Å². The first kappa shape index (κ1) is 15.0. The Labute approximate surface area is 117 Å². The van der Waals surface area contributed by atoms with E-state index in [2.05, 4.69) is 25.4 Å². The minimum atomic E-state index is 0.102. The fourth-order valence-electron chi connectivity index (χ4n) is 1.32. The number of hydrogen-bond donors (Lipinski definition) is 2. The predicted octanol–water partition coefficient (Wildman–Crippen LogP) is 3.93. The summed E-state index contributed by atoms with van der Waals surface area (Å²) >= 11 is 13.5. The lowest BCUT2D eigenvalue weighted by Gasteiger charge is -2.22. The summed E-state index contributed by atoms with van der Waals surface area (Å²) in [4.78, 5) is 0. The molecule has 0 aliphatic rings. The van der Waals surface area contributed by atoms with Crippen LogP contribution < -0.4 is 5.32 Å². The number of phenolic OH excluding ortho intramolecular Hbond substituents is 1. The largest absolute Gasteiger partial charge is 0.506 e. The summed E-state index contributed by atoms with van der Waals surface area (Å²) in [7, 11) is 0. The average Bonchev–Trinajstić information content (AvgIpc) is 2.24. The van der Waals surface area contributed by atoms with Crippen LogP contribution in [0.25, 0.3) is 0 Å². The molecule has 0 fully saturated rings. The maximum Gasteiger partial charge on any atom is 0.138 e. The molecule has 0 heterocycles. The predicted molar refractivity (Wildman–Crippen MR) is 77.4 cm³/mol. The minimum Gasteiger partial charge on any atom is -0.506 e. The quantitative estimate of drug-likeness (QED) is 0.863. The van der Waals surface area contributed by atoms with Crippen LogP contribution >= 0.6 is 35.0 Å². The van der Waals surface area contributed by atoms with Gasteiger partial charge in [-0.05, 0) is 32.2 Å². The van der Waals surface area contributed by atoms with E-state index in [-0.39, 0.29) is 10.5 Å². The van der Waals surface area contributed by atoms with Gasteiger partial charge in [0.05, 0.1) is 5.02 Å². The molecule has 1 rings (SSSR count). The van der Waals surface area contributed by atoms with Crippen LogP contribution in [0, 0.1) is 0 Å². The molecule has 2 nitrogen and oxygen atoms in total. The molecule has 17 heavy (non-hydrogen) atoms.